The average Bonchev–Trinajstić information content (AvgIpc) is 2.99. The molecule has 0 atom stereocenters. The smallest absolute Gasteiger partial charge is 0.325 e. The number of hydrogen-bond donors (Lipinski definition) is 2. The number of rotatable bonds is 13. The monoisotopic (exact) mass is 592 g/mol. The van der Waals surface area contributed by atoms with E-state index < -0.39 is 23.6 Å². The molecule has 3 aromatic carbocycles. The van der Waals surface area contributed by atoms with Gasteiger partial charge in [-0.05, 0) is 55.4 Å². The van der Waals surface area contributed by atoms with Crippen molar-refractivity contribution in [3.8, 4) is 23.0 Å². The first kappa shape index (κ1) is 31.2. The first-order valence-electron chi connectivity index (χ1n) is 13.9. The minimum Gasteiger partial charge on any atom is -0.493 e. The maximum absolute atomic E-state index is 15.0. The van der Waals surface area contributed by atoms with Crippen molar-refractivity contribution in [1.29, 1.82) is 0 Å². The van der Waals surface area contributed by atoms with E-state index in [0.717, 1.165) is 32.1 Å². The van der Waals surface area contributed by atoms with E-state index in [1.54, 1.807) is 30.5 Å². The van der Waals surface area contributed by atoms with E-state index in [4.69, 9.17) is 14.2 Å². The summed E-state index contributed by atoms with van der Waals surface area (Å²) < 4.78 is 46.2. The van der Waals surface area contributed by atoms with Crippen molar-refractivity contribution in [1.82, 2.24) is 15.2 Å². The number of hydrogen-bond acceptors (Lipinski definition) is 7. The Morgan fingerprint density at radius 1 is 0.907 bits per heavy atom. The fourth-order valence-electron chi connectivity index (χ4n) is 4.43. The molecule has 9 nitrogen and oxygen atoms in total. The van der Waals surface area contributed by atoms with Crippen LogP contribution in [0.5, 0.6) is 23.0 Å². The van der Waals surface area contributed by atoms with Crippen LogP contribution in [0.3, 0.4) is 0 Å². The Hall–Kier alpha value is -4.77. The van der Waals surface area contributed by atoms with Gasteiger partial charge in [0.1, 0.15) is 11.6 Å². The van der Waals surface area contributed by atoms with Crippen LogP contribution >= 0.6 is 0 Å². The molecule has 1 heterocycles. The topological polar surface area (TPSA) is 102 Å². The third-order valence-corrected chi connectivity index (χ3v) is 6.73. The van der Waals surface area contributed by atoms with Crippen molar-refractivity contribution in [3.63, 3.8) is 0 Å². The van der Waals surface area contributed by atoms with Crippen molar-refractivity contribution in [2.75, 3.05) is 38.7 Å². The molecule has 0 aliphatic heterocycles. The predicted octanol–water partition coefficient (Wildman–Crippen LogP) is 6.32. The van der Waals surface area contributed by atoms with Crippen molar-refractivity contribution in [2.45, 2.75) is 26.7 Å². The molecular weight excluding hydrogens is 558 g/mol. The fourth-order valence-corrected chi connectivity index (χ4v) is 4.43. The van der Waals surface area contributed by atoms with Crippen LogP contribution in [0.25, 0.3) is 10.9 Å². The molecule has 4 aromatic rings. The van der Waals surface area contributed by atoms with Gasteiger partial charge in [0.15, 0.2) is 23.1 Å². The minimum absolute atomic E-state index is 0.0880. The third kappa shape index (κ3) is 8.39. The van der Waals surface area contributed by atoms with Crippen LogP contribution in [0, 0.1) is 11.6 Å². The molecular formula is C32H34F2N4O5. The molecule has 4 rings (SSSR count). The van der Waals surface area contributed by atoms with E-state index in [9.17, 15) is 14.0 Å². The van der Waals surface area contributed by atoms with Gasteiger partial charge in [0, 0.05) is 35.9 Å². The summed E-state index contributed by atoms with van der Waals surface area (Å²) >= 11 is 0. The number of methoxy groups -OCH3 is 1. The van der Waals surface area contributed by atoms with Gasteiger partial charge in [0.25, 0.3) is 0 Å². The Bertz CT molecular complexity index is 1580. The minimum atomic E-state index is -0.882. The SMILES string of the molecule is CCN(CC)CCCOc1cc2nccc(Oc3ccc(NC(=O)NC(=O)Cc4ccccc4F)cc3F)c2cc1OC. The number of nitrogens with one attached hydrogen (secondary N) is 2. The molecule has 0 radical (unpaired) electrons. The zero-order valence-corrected chi connectivity index (χ0v) is 24.3. The van der Waals surface area contributed by atoms with Crippen molar-refractivity contribution in [2.24, 2.45) is 0 Å². The molecule has 226 valence electrons. The predicted molar refractivity (Wildman–Crippen MR) is 160 cm³/mol. The largest absolute Gasteiger partial charge is 0.493 e. The second-order valence-corrected chi connectivity index (χ2v) is 9.58. The van der Waals surface area contributed by atoms with E-state index in [0.29, 0.717) is 34.8 Å². The standard InChI is InChI=1S/C32H34F2N4O5/c1-4-38(5-2)15-8-16-42-30-20-26-23(19-29(30)41-3)27(13-14-35-26)43-28-12-11-22(18-25(28)34)36-32(40)37-31(39)17-21-9-6-7-10-24(21)33/h6-7,9-14,18-20H,4-5,8,15-17H2,1-3H3,(H2,36,37,39,40). The Balaban J connectivity index is 1.41. The lowest BCUT2D eigenvalue weighted by Gasteiger charge is -2.18. The van der Waals surface area contributed by atoms with Crippen LogP contribution in [0.15, 0.2) is 66.9 Å². The highest BCUT2D eigenvalue weighted by atomic mass is 19.1. The quantitative estimate of drug-likeness (QED) is 0.175. The maximum Gasteiger partial charge on any atom is 0.325 e. The molecule has 0 saturated carbocycles. The summed E-state index contributed by atoms with van der Waals surface area (Å²) in [6.07, 6.45) is 2.08. The summed E-state index contributed by atoms with van der Waals surface area (Å²) in [5.74, 6) is -0.726. The van der Waals surface area contributed by atoms with Gasteiger partial charge in [0.05, 0.1) is 25.7 Å². The number of carbonyl (C=O) groups excluding carboxylic acids is 2. The van der Waals surface area contributed by atoms with E-state index in [1.807, 2.05) is 0 Å². The fraction of sp³-hybridized carbons (Fsp3) is 0.281. The highest BCUT2D eigenvalue weighted by Gasteiger charge is 2.16. The Kier molecular flexibility index (Phi) is 10.8. The highest BCUT2D eigenvalue weighted by Crippen LogP contribution is 2.38. The van der Waals surface area contributed by atoms with Crippen LogP contribution < -0.4 is 24.8 Å². The van der Waals surface area contributed by atoms with Crippen LogP contribution in [0.4, 0.5) is 19.3 Å². The first-order chi connectivity index (χ1) is 20.8. The number of halogens is 2. The van der Waals surface area contributed by atoms with Gasteiger partial charge >= 0.3 is 6.03 Å². The summed E-state index contributed by atoms with van der Waals surface area (Å²) in [4.78, 5) is 31.1. The van der Waals surface area contributed by atoms with Crippen molar-refractivity contribution in [3.05, 3.63) is 84.1 Å². The molecule has 11 heteroatoms. The number of ether oxygens (including phenoxy) is 3. The van der Waals surface area contributed by atoms with E-state index >= 15 is 4.39 Å². The number of benzene rings is 3. The molecule has 1 aromatic heterocycles. The molecule has 0 saturated heterocycles. The Morgan fingerprint density at radius 3 is 2.42 bits per heavy atom. The highest BCUT2D eigenvalue weighted by molar-refractivity contribution is 6.01. The summed E-state index contributed by atoms with van der Waals surface area (Å²) in [5, 5.41) is 5.07. The van der Waals surface area contributed by atoms with Gasteiger partial charge in [-0.3, -0.25) is 15.1 Å². The third-order valence-electron chi connectivity index (χ3n) is 6.73. The van der Waals surface area contributed by atoms with E-state index in [-0.39, 0.29) is 23.4 Å². The molecule has 0 bridgehead atoms. The number of nitrogens with zero attached hydrogens (tertiary/aromatic N) is 2. The second kappa shape index (κ2) is 14.9. The first-order valence-corrected chi connectivity index (χ1v) is 13.9. The molecule has 0 spiro atoms. The van der Waals surface area contributed by atoms with Crippen molar-refractivity contribution >= 4 is 28.5 Å². The summed E-state index contributed by atoms with van der Waals surface area (Å²) in [5.41, 5.74) is 0.814. The zero-order chi connectivity index (χ0) is 30.8. The number of imide groups is 1. The van der Waals surface area contributed by atoms with Gasteiger partial charge in [-0.15, -0.1) is 0 Å². The summed E-state index contributed by atoms with van der Waals surface area (Å²) in [7, 11) is 1.54. The van der Waals surface area contributed by atoms with E-state index in [2.05, 4.69) is 34.4 Å². The maximum atomic E-state index is 15.0. The number of urea groups is 1. The van der Waals surface area contributed by atoms with Gasteiger partial charge in [-0.25, -0.2) is 13.6 Å². The lowest BCUT2D eigenvalue weighted by atomic mass is 10.1. The summed E-state index contributed by atoms with van der Waals surface area (Å²) in [6, 6.07) is 13.8. The van der Waals surface area contributed by atoms with Crippen LogP contribution in [-0.4, -0.2) is 55.2 Å². The molecule has 2 N–H and O–H groups in total. The molecule has 0 aliphatic carbocycles. The van der Waals surface area contributed by atoms with Crippen LogP contribution in [0.1, 0.15) is 25.8 Å². The number of fused-ring (bicyclic) bond motifs is 1. The molecule has 0 unspecified atom stereocenters. The van der Waals surface area contributed by atoms with Crippen LogP contribution in [-0.2, 0) is 11.2 Å². The lowest BCUT2D eigenvalue weighted by molar-refractivity contribution is -0.119. The number of carbonyl (C=O) groups is 2. The van der Waals surface area contributed by atoms with Gasteiger partial charge in [-0.2, -0.15) is 0 Å². The van der Waals surface area contributed by atoms with Gasteiger partial charge in [0.2, 0.25) is 5.91 Å². The molecule has 0 fully saturated rings. The van der Waals surface area contributed by atoms with Crippen molar-refractivity contribution < 1.29 is 32.6 Å². The lowest BCUT2D eigenvalue weighted by Crippen LogP contribution is -2.35. The zero-order valence-electron chi connectivity index (χ0n) is 24.3. The van der Waals surface area contributed by atoms with E-state index in [1.165, 1.54) is 37.4 Å². The number of amides is 3. The molecule has 3 amide bonds. The second-order valence-electron chi connectivity index (χ2n) is 9.58. The number of anilines is 1. The Morgan fingerprint density at radius 2 is 1.70 bits per heavy atom. The number of aromatic nitrogens is 1. The number of pyridine rings is 1. The molecule has 43 heavy (non-hydrogen) atoms. The Labute approximate surface area is 248 Å². The normalized spacial score (nSPS) is 10.9. The van der Waals surface area contributed by atoms with Crippen LogP contribution in [0.2, 0.25) is 0 Å². The molecule has 0 aliphatic rings. The average molecular weight is 593 g/mol. The van der Waals surface area contributed by atoms with Gasteiger partial charge in [-0.1, -0.05) is 32.0 Å². The summed E-state index contributed by atoms with van der Waals surface area (Å²) in [6.45, 7) is 7.66. The van der Waals surface area contributed by atoms with Gasteiger partial charge < -0.3 is 24.4 Å².